The van der Waals surface area contributed by atoms with Crippen molar-refractivity contribution >= 4 is 35.9 Å². The number of piperazine rings is 1. The summed E-state index contributed by atoms with van der Waals surface area (Å²) in [4.78, 5) is 54.8. The smallest absolute Gasteiger partial charge is 0.225 e. The molecule has 2 aromatic carbocycles. The summed E-state index contributed by atoms with van der Waals surface area (Å²) in [5.74, 6) is -3.44. The molecule has 2 aliphatic heterocycles. The summed E-state index contributed by atoms with van der Waals surface area (Å²) in [6.45, 7) is 1.67. The van der Waals surface area contributed by atoms with Gasteiger partial charge in [-0.1, -0.05) is 12.1 Å². The molecule has 2 aromatic rings. The summed E-state index contributed by atoms with van der Waals surface area (Å²) >= 11 is 4.17. The van der Waals surface area contributed by atoms with Gasteiger partial charge in [0.1, 0.15) is 29.5 Å². The van der Waals surface area contributed by atoms with Crippen molar-refractivity contribution in [2.24, 2.45) is 0 Å². The topological polar surface area (TPSA) is 211 Å². The first kappa shape index (κ1) is 37.2. The van der Waals surface area contributed by atoms with Crippen LogP contribution < -0.4 is 10.1 Å². The number of aliphatic hydroxyl groups excluding tert-OH is 1. The number of hydrogen-bond acceptors (Lipinski definition) is 15. The van der Waals surface area contributed by atoms with Gasteiger partial charge in [0.15, 0.2) is 30.3 Å². The van der Waals surface area contributed by atoms with Gasteiger partial charge in [0.2, 0.25) is 11.7 Å². The zero-order chi connectivity index (χ0) is 36.8. The number of fused-ring (bicyclic) bond motifs is 3. The number of aliphatic hydroxyl groups is 2. The largest absolute Gasteiger partial charge is 0.507 e. The standard InChI is InChI=1S/C35H42N2O13S/c1-16-19(50-33-34(47-3)37(11-10-36-33)23(40)9-12-51)7-8-24(48-16)49-21-14-35(45,22(39)15-38)13-18-26(21)32(44)28-27(30(18)42)29(41)17-5-4-6-20(46-2)25(17)31(28)43/h4-6,16,19,21,24,33-34,36,38,42,44-45,51H,7-15H2,1-3H3/t16-,19-,21-,24-,33+,34+,35-/m0/s1. The predicted molar refractivity (Wildman–Crippen MR) is 180 cm³/mol. The van der Waals surface area contributed by atoms with Crippen molar-refractivity contribution in [3.63, 3.8) is 0 Å². The second-order valence-corrected chi connectivity index (χ2v) is 13.5. The number of ketones is 3. The summed E-state index contributed by atoms with van der Waals surface area (Å²) in [5.41, 5.74) is -3.58. The van der Waals surface area contributed by atoms with Gasteiger partial charge in [-0.3, -0.25) is 24.5 Å². The molecule has 1 amide bonds. The summed E-state index contributed by atoms with van der Waals surface area (Å²) < 4.78 is 29.8. The number of methoxy groups -OCH3 is 2. The van der Waals surface area contributed by atoms with Crippen LogP contribution in [0.1, 0.15) is 81.7 Å². The van der Waals surface area contributed by atoms with Crippen LogP contribution in [0.4, 0.5) is 0 Å². The Kier molecular flexibility index (Phi) is 10.8. The highest BCUT2D eigenvalue weighted by Gasteiger charge is 2.50. The Bertz CT molecular complexity index is 1740. The SMILES string of the molecule is COc1cccc2c1C(=O)c1c(O)c3c(c(O)c1C2=O)C[C@@](O)(C(=O)CO)C[C@@H]3O[C@H]1CC[C@H](O[C@H]2NCCN(C(=O)CCS)[C@@H]2OC)[C@H](C)O1. The number of carbonyl (C=O) groups excluding carboxylic acids is 4. The molecule has 2 saturated heterocycles. The summed E-state index contributed by atoms with van der Waals surface area (Å²) in [5, 5.41) is 47.8. The van der Waals surface area contributed by atoms with Gasteiger partial charge in [0, 0.05) is 62.6 Å². The van der Waals surface area contributed by atoms with E-state index in [2.05, 4.69) is 17.9 Å². The van der Waals surface area contributed by atoms with Crippen LogP contribution >= 0.6 is 12.6 Å². The van der Waals surface area contributed by atoms with E-state index in [1.807, 2.05) is 0 Å². The van der Waals surface area contributed by atoms with Crippen molar-refractivity contribution in [2.45, 2.75) is 81.7 Å². The molecule has 6 rings (SSSR count). The highest BCUT2D eigenvalue weighted by molar-refractivity contribution is 7.80. The summed E-state index contributed by atoms with van der Waals surface area (Å²) in [6.07, 6.45) is -4.77. The molecule has 0 bridgehead atoms. The van der Waals surface area contributed by atoms with Gasteiger partial charge in [0.25, 0.3) is 0 Å². The number of carbonyl (C=O) groups is 4. The number of phenols is 2. The number of phenolic OH excluding ortho intramolecular Hbond substituents is 2. The maximum Gasteiger partial charge on any atom is 0.225 e. The van der Waals surface area contributed by atoms with Crippen molar-refractivity contribution in [1.82, 2.24) is 10.2 Å². The molecule has 2 aliphatic carbocycles. The van der Waals surface area contributed by atoms with Crippen LogP contribution in [0, 0.1) is 0 Å². The van der Waals surface area contributed by atoms with Crippen LogP contribution in [-0.4, -0.2) is 125 Å². The Morgan fingerprint density at radius 1 is 1.08 bits per heavy atom. The van der Waals surface area contributed by atoms with E-state index < -0.39 is 102 Å². The number of ether oxygens (including phenoxy) is 5. The first-order chi connectivity index (χ1) is 24.4. The van der Waals surface area contributed by atoms with Gasteiger partial charge in [-0.15, -0.1) is 0 Å². The highest BCUT2D eigenvalue weighted by atomic mass is 32.1. The monoisotopic (exact) mass is 730 g/mol. The summed E-state index contributed by atoms with van der Waals surface area (Å²) in [6, 6.07) is 4.40. The average Bonchev–Trinajstić information content (AvgIpc) is 3.12. The summed E-state index contributed by atoms with van der Waals surface area (Å²) in [7, 11) is 2.83. The molecular weight excluding hydrogens is 688 g/mol. The zero-order valence-electron chi connectivity index (χ0n) is 28.4. The second-order valence-electron chi connectivity index (χ2n) is 13.1. The van der Waals surface area contributed by atoms with Crippen molar-refractivity contribution in [3.8, 4) is 17.2 Å². The van der Waals surface area contributed by atoms with E-state index in [9.17, 15) is 39.6 Å². The third-order valence-electron chi connectivity index (χ3n) is 10.1. The molecule has 5 N–H and O–H groups in total. The quantitative estimate of drug-likeness (QED) is 0.128. The fourth-order valence-corrected chi connectivity index (χ4v) is 7.76. The van der Waals surface area contributed by atoms with E-state index in [4.69, 9.17) is 23.7 Å². The van der Waals surface area contributed by atoms with Crippen molar-refractivity contribution in [3.05, 3.63) is 51.6 Å². The van der Waals surface area contributed by atoms with Crippen molar-refractivity contribution in [1.29, 1.82) is 0 Å². The number of amides is 1. The van der Waals surface area contributed by atoms with Gasteiger partial charge in [-0.2, -0.15) is 12.6 Å². The van der Waals surface area contributed by atoms with Crippen LogP contribution in [0.25, 0.3) is 0 Å². The minimum atomic E-state index is -2.25. The first-order valence-corrected chi connectivity index (χ1v) is 17.4. The van der Waals surface area contributed by atoms with E-state index in [1.165, 1.54) is 32.4 Å². The molecule has 0 radical (unpaired) electrons. The lowest BCUT2D eigenvalue weighted by Crippen LogP contribution is -2.62. The maximum atomic E-state index is 13.9. The molecule has 15 nitrogen and oxygen atoms in total. The average molecular weight is 731 g/mol. The Labute approximate surface area is 299 Å². The van der Waals surface area contributed by atoms with Gasteiger partial charge >= 0.3 is 0 Å². The number of thiol groups is 1. The van der Waals surface area contributed by atoms with Gasteiger partial charge in [-0.05, 0) is 25.2 Å². The Balaban J connectivity index is 1.28. The molecule has 2 heterocycles. The van der Waals surface area contributed by atoms with E-state index in [-0.39, 0.29) is 46.8 Å². The number of Topliss-reactive ketones (excluding diaryl/α,β-unsaturated/α-hetero) is 1. The molecule has 276 valence electrons. The van der Waals surface area contributed by atoms with E-state index in [0.717, 1.165) is 0 Å². The Hall–Kier alpha value is -3.61. The first-order valence-electron chi connectivity index (χ1n) is 16.7. The normalized spacial score (nSPS) is 28.9. The number of hydrogen-bond donors (Lipinski definition) is 6. The van der Waals surface area contributed by atoms with Gasteiger partial charge < -0.3 is 49.0 Å². The Morgan fingerprint density at radius 3 is 2.49 bits per heavy atom. The molecule has 0 aromatic heterocycles. The highest BCUT2D eigenvalue weighted by Crippen LogP contribution is 2.52. The second kappa shape index (κ2) is 14.8. The number of rotatable bonds is 10. The van der Waals surface area contributed by atoms with E-state index in [1.54, 1.807) is 11.8 Å². The van der Waals surface area contributed by atoms with Crippen LogP contribution in [0.5, 0.6) is 17.2 Å². The minimum Gasteiger partial charge on any atom is -0.507 e. The number of aromatic hydroxyl groups is 2. The number of nitrogens with zero attached hydrogens (tertiary/aromatic N) is 1. The van der Waals surface area contributed by atoms with Gasteiger partial charge in [-0.25, -0.2) is 0 Å². The molecule has 4 aliphatic rings. The molecule has 7 atom stereocenters. The Morgan fingerprint density at radius 2 is 1.82 bits per heavy atom. The lowest BCUT2D eigenvalue weighted by atomic mass is 9.72. The third kappa shape index (κ3) is 6.52. The fraction of sp³-hybridized carbons (Fsp3) is 0.543. The molecule has 51 heavy (non-hydrogen) atoms. The van der Waals surface area contributed by atoms with Crippen LogP contribution in [-0.2, 0) is 35.0 Å². The third-order valence-corrected chi connectivity index (χ3v) is 10.3. The molecule has 2 fully saturated rings. The number of nitrogens with one attached hydrogen (secondary N) is 1. The predicted octanol–water partition coefficient (Wildman–Crippen LogP) is 1.14. The van der Waals surface area contributed by atoms with E-state index >= 15 is 0 Å². The fourth-order valence-electron chi connectivity index (χ4n) is 7.57. The van der Waals surface area contributed by atoms with Crippen LogP contribution in [0.15, 0.2) is 18.2 Å². The van der Waals surface area contributed by atoms with Gasteiger partial charge in [0.05, 0.1) is 42.1 Å². The van der Waals surface area contributed by atoms with Crippen molar-refractivity contribution in [2.75, 3.05) is 39.7 Å². The zero-order valence-corrected chi connectivity index (χ0v) is 29.3. The molecule has 0 unspecified atom stereocenters. The maximum absolute atomic E-state index is 13.9. The number of benzene rings is 2. The molecular formula is C35H42N2O13S. The lowest BCUT2D eigenvalue weighted by Gasteiger charge is -2.44. The molecule has 0 spiro atoms. The molecule has 0 saturated carbocycles. The lowest BCUT2D eigenvalue weighted by molar-refractivity contribution is -0.266. The van der Waals surface area contributed by atoms with E-state index in [0.29, 0.717) is 25.3 Å². The van der Waals surface area contributed by atoms with Crippen LogP contribution in [0.3, 0.4) is 0 Å². The van der Waals surface area contributed by atoms with Crippen molar-refractivity contribution < 1.29 is 63.3 Å². The minimum absolute atomic E-state index is 0.0506. The van der Waals surface area contributed by atoms with Crippen LogP contribution in [0.2, 0.25) is 0 Å². The molecule has 16 heteroatoms.